The Kier molecular flexibility index (Phi) is 9.98. The minimum Gasteiger partial charge on any atom is -0.475 e. The van der Waals surface area contributed by atoms with Crippen molar-refractivity contribution >= 4 is 11.9 Å². The van der Waals surface area contributed by atoms with Crippen molar-refractivity contribution in [2.75, 3.05) is 39.4 Å². The minimum absolute atomic E-state index is 0.327. The zero-order chi connectivity index (χ0) is 26.3. The first kappa shape index (κ1) is 28.9. The van der Waals surface area contributed by atoms with Gasteiger partial charge in [-0.2, -0.15) is 26.3 Å². The lowest BCUT2D eigenvalue weighted by molar-refractivity contribution is -0.193. The maximum atomic E-state index is 10.6. The van der Waals surface area contributed by atoms with E-state index in [4.69, 9.17) is 29.0 Å². The third kappa shape index (κ3) is 9.68. The van der Waals surface area contributed by atoms with Crippen LogP contribution in [0, 0.1) is 5.92 Å². The number of carboxylic acids is 2. The molecule has 0 radical (unpaired) electrons. The van der Waals surface area contributed by atoms with Gasteiger partial charge in [0.05, 0.1) is 25.7 Å². The van der Waals surface area contributed by atoms with E-state index in [1.807, 2.05) is 6.26 Å². The molecule has 0 amide bonds. The summed E-state index contributed by atoms with van der Waals surface area (Å²) in [6, 6.07) is 2.08. The van der Waals surface area contributed by atoms with Gasteiger partial charge in [0.1, 0.15) is 0 Å². The van der Waals surface area contributed by atoms with Gasteiger partial charge >= 0.3 is 24.3 Å². The summed E-state index contributed by atoms with van der Waals surface area (Å²) in [5, 5.41) is 14.2. The second-order valence-electron chi connectivity index (χ2n) is 8.68. The van der Waals surface area contributed by atoms with Gasteiger partial charge in [0.25, 0.3) is 0 Å². The van der Waals surface area contributed by atoms with E-state index in [0.717, 1.165) is 32.2 Å². The number of hydrogen-bond acceptors (Lipinski definition) is 6. The number of carbonyl (C=O) groups is 2. The molecule has 1 aromatic rings. The highest BCUT2D eigenvalue weighted by Crippen LogP contribution is 2.37. The highest BCUT2D eigenvalue weighted by atomic mass is 19.4. The molecule has 0 aromatic carbocycles. The van der Waals surface area contributed by atoms with Crippen LogP contribution >= 0.6 is 0 Å². The smallest absolute Gasteiger partial charge is 0.475 e. The van der Waals surface area contributed by atoms with Gasteiger partial charge in [0, 0.05) is 43.8 Å². The normalized spacial score (nSPS) is 20.9. The van der Waals surface area contributed by atoms with Crippen LogP contribution in [0.1, 0.15) is 31.2 Å². The molecule has 4 rings (SSSR count). The maximum absolute atomic E-state index is 10.6. The van der Waals surface area contributed by atoms with Crippen LogP contribution in [0.2, 0.25) is 0 Å². The number of ether oxygens (including phenoxy) is 1. The number of likely N-dealkylation sites (tertiary alicyclic amines) is 1. The number of nitrogens with zero attached hydrogens (tertiary/aromatic N) is 2. The quantitative estimate of drug-likeness (QED) is 0.583. The second kappa shape index (κ2) is 12.1. The van der Waals surface area contributed by atoms with Crippen molar-refractivity contribution < 1.29 is 55.3 Å². The molecule has 1 aliphatic carbocycles. The Labute approximate surface area is 197 Å². The van der Waals surface area contributed by atoms with Gasteiger partial charge in [0.15, 0.2) is 0 Å². The molecule has 2 N–H and O–H groups in total. The molecular formula is C21H28F6N2O6. The third-order valence-corrected chi connectivity index (χ3v) is 5.98. The van der Waals surface area contributed by atoms with Crippen molar-refractivity contribution in [3.8, 4) is 0 Å². The fraction of sp³-hybridized carbons (Fsp3) is 0.714. The molecule has 1 aromatic heterocycles. The highest BCUT2D eigenvalue weighted by Gasteiger charge is 2.44. The standard InChI is InChI=1S/C17H26N2O2.2C2HF3O2/c1-2-15(1)12-19-8-10-21-14-17(19)4-6-18(7-5-17)11-16-3-9-20-13-16;2*3-2(4,5)1(6)7/h3,9,13,15H,1-2,4-8,10-12,14H2;2*(H,6,7). The minimum atomic E-state index is -5.08. The van der Waals surface area contributed by atoms with Crippen LogP contribution in [0.3, 0.4) is 0 Å². The van der Waals surface area contributed by atoms with Gasteiger partial charge in [-0.3, -0.25) is 9.80 Å². The molecule has 35 heavy (non-hydrogen) atoms. The molecule has 3 aliphatic rings. The van der Waals surface area contributed by atoms with E-state index in [1.165, 1.54) is 50.9 Å². The Morgan fingerprint density at radius 2 is 1.54 bits per heavy atom. The van der Waals surface area contributed by atoms with Crippen molar-refractivity contribution in [2.24, 2.45) is 5.92 Å². The van der Waals surface area contributed by atoms with Gasteiger partial charge in [-0.05, 0) is 37.7 Å². The third-order valence-electron chi connectivity index (χ3n) is 5.98. The van der Waals surface area contributed by atoms with Gasteiger partial charge in [0.2, 0.25) is 0 Å². The van der Waals surface area contributed by atoms with E-state index in [-0.39, 0.29) is 0 Å². The zero-order valence-electron chi connectivity index (χ0n) is 18.8. The summed E-state index contributed by atoms with van der Waals surface area (Å²) < 4.78 is 74.5. The van der Waals surface area contributed by atoms with Crippen molar-refractivity contribution in [1.29, 1.82) is 0 Å². The molecule has 14 heteroatoms. The number of halogens is 6. The van der Waals surface area contributed by atoms with Crippen molar-refractivity contribution in [3.63, 3.8) is 0 Å². The molecule has 0 atom stereocenters. The van der Waals surface area contributed by atoms with Gasteiger partial charge < -0.3 is 19.4 Å². The Hall–Kier alpha value is -2.32. The summed E-state index contributed by atoms with van der Waals surface area (Å²) in [6.45, 7) is 7.69. The molecule has 1 saturated carbocycles. The second-order valence-corrected chi connectivity index (χ2v) is 8.68. The highest BCUT2D eigenvalue weighted by molar-refractivity contribution is 5.73. The van der Waals surface area contributed by atoms with E-state index in [2.05, 4.69) is 15.9 Å². The first-order valence-electron chi connectivity index (χ1n) is 10.9. The fourth-order valence-corrected chi connectivity index (χ4v) is 3.89. The lowest BCUT2D eigenvalue weighted by atomic mass is 9.85. The van der Waals surface area contributed by atoms with Crippen LogP contribution in [-0.4, -0.2) is 89.2 Å². The van der Waals surface area contributed by atoms with Crippen LogP contribution in [0.15, 0.2) is 23.0 Å². The van der Waals surface area contributed by atoms with Crippen LogP contribution in [-0.2, 0) is 20.9 Å². The molecule has 2 aliphatic heterocycles. The number of piperidine rings is 1. The summed E-state index contributed by atoms with van der Waals surface area (Å²) in [5.41, 5.74) is 1.62. The summed E-state index contributed by atoms with van der Waals surface area (Å²) >= 11 is 0. The van der Waals surface area contributed by atoms with Gasteiger partial charge in [-0.25, -0.2) is 9.59 Å². The molecule has 0 unspecified atom stereocenters. The van der Waals surface area contributed by atoms with E-state index in [0.29, 0.717) is 5.54 Å². The van der Waals surface area contributed by atoms with E-state index < -0.39 is 24.3 Å². The fourth-order valence-electron chi connectivity index (χ4n) is 3.89. The molecule has 8 nitrogen and oxygen atoms in total. The Bertz CT molecular complexity index is 778. The maximum Gasteiger partial charge on any atom is 0.490 e. The SMILES string of the molecule is O=C(O)C(F)(F)F.O=C(O)C(F)(F)F.c1cc(CN2CCC3(CC2)COCCN3CC2CC2)co1. The van der Waals surface area contributed by atoms with E-state index in [9.17, 15) is 26.3 Å². The Balaban J connectivity index is 0.000000257. The predicted molar refractivity (Wildman–Crippen MR) is 108 cm³/mol. The van der Waals surface area contributed by atoms with Crippen LogP contribution in [0.25, 0.3) is 0 Å². The van der Waals surface area contributed by atoms with Gasteiger partial charge in [-0.1, -0.05) is 0 Å². The Morgan fingerprint density at radius 3 is 1.97 bits per heavy atom. The van der Waals surface area contributed by atoms with Crippen LogP contribution in [0.4, 0.5) is 26.3 Å². The van der Waals surface area contributed by atoms with Crippen LogP contribution < -0.4 is 0 Å². The molecule has 3 heterocycles. The molecule has 0 bridgehead atoms. The lowest BCUT2D eigenvalue weighted by Crippen LogP contribution is -2.61. The lowest BCUT2D eigenvalue weighted by Gasteiger charge is -2.51. The monoisotopic (exact) mass is 518 g/mol. The summed E-state index contributed by atoms with van der Waals surface area (Å²) in [7, 11) is 0. The average molecular weight is 518 g/mol. The van der Waals surface area contributed by atoms with Crippen molar-refractivity contribution in [3.05, 3.63) is 24.2 Å². The summed E-state index contributed by atoms with van der Waals surface area (Å²) in [4.78, 5) is 23.1. The summed E-state index contributed by atoms with van der Waals surface area (Å²) in [5.74, 6) is -4.54. The molecule has 1 spiro atoms. The zero-order valence-corrected chi connectivity index (χ0v) is 18.8. The topological polar surface area (TPSA) is 103 Å². The first-order valence-corrected chi connectivity index (χ1v) is 10.9. The summed E-state index contributed by atoms with van der Waals surface area (Å²) in [6.07, 6.45) is -1.14. The van der Waals surface area contributed by atoms with Gasteiger partial charge in [-0.15, -0.1) is 0 Å². The number of aliphatic carboxylic acids is 2. The van der Waals surface area contributed by atoms with E-state index in [1.54, 1.807) is 6.26 Å². The average Bonchev–Trinajstić information content (AvgIpc) is 3.43. The largest absolute Gasteiger partial charge is 0.490 e. The van der Waals surface area contributed by atoms with E-state index >= 15 is 0 Å². The molecular weight excluding hydrogens is 490 g/mol. The number of morpholine rings is 1. The molecule has 2 saturated heterocycles. The molecule has 200 valence electrons. The number of carboxylic acid groups (broad SMARTS) is 2. The number of furan rings is 1. The van der Waals surface area contributed by atoms with Crippen molar-refractivity contribution in [2.45, 2.75) is 50.1 Å². The predicted octanol–water partition coefficient (Wildman–Crippen LogP) is 3.62. The first-order chi connectivity index (χ1) is 16.2. The number of alkyl halides is 6. The van der Waals surface area contributed by atoms with Crippen molar-refractivity contribution in [1.82, 2.24) is 9.80 Å². The number of rotatable bonds is 4. The number of hydrogen-bond donors (Lipinski definition) is 2. The Morgan fingerprint density at radius 1 is 1.00 bits per heavy atom. The molecule has 3 fully saturated rings. The van der Waals surface area contributed by atoms with Crippen LogP contribution in [0.5, 0.6) is 0 Å².